The molecule has 0 bridgehead atoms. The Morgan fingerprint density at radius 3 is 2.50 bits per heavy atom. The van der Waals surface area contributed by atoms with Crippen molar-refractivity contribution in [2.75, 3.05) is 42.8 Å². The van der Waals surface area contributed by atoms with Crippen molar-refractivity contribution in [3.63, 3.8) is 0 Å². The number of nitrogens with zero attached hydrogens (tertiary/aromatic N) is 6. The zero-order valence-electron chi connectivity index (χ0n) is 26.9. The lowest BCUT2D eigenvalue weighted by atomic mass is 9.77. The van der Waals surface area contributed by atoms with Gasteiger partial charge in [-0.05, 0) is 79.1 Å². The number of likely N-dealkylation sites (tertiary alicyclic amines) is 1. The molecule has 11 nitrogen and oxygen atoms in total. The summed E-state index contributed by atoms with van der Waals surface area (Å²) in [6.07, 6.45) is 5.27. The Morgan fingerprint density at radius 1 is 1.09 bits per heavy atom. The molecule has 44 heavy (non-hydrogen) atoms. The molecule has 2 N–H and O–H groups in total. The first kappa shape index (κ1) is 31.2. The van der Waals surface area contributed by atoms with E-state index in [0.29, 0.717) is 47.7 Å². The normalized spacial score (nSPS) is 19.1. The maximum Gasteiger partial charge on any atom is 0.271 e. The molecule has 1 saturated heterocycles. The standard InChI is InChI=1S/C33H42N8O3/c1-31(2)16-24(17-32(3,4)40(31)7)37-27-25(22-11-9-10-21(14-22)18-34)20-36-30(39-27)38-23-15-26-28(35-19-23)41(12-13-43-8)29(42)33(5,6)44-26/h9-11,14-15,19-20,24H,12-13,16-17H2,1-8H3,(H2,36,37,38,39). The molecule has 5 rings (SSSR count). The van der Waals surface area contributed by atoms with E-state index in [2.05, 4.69) is 66.3 Å². The molecule has 1 aromatic carbocycles. The van der Waals surface area contributed by atoms with E-state index < -0.39 is 5.60 Å². The van der Waals surface area contributed by atoms with Crippen LogP contribution in [0.15, 0.2) is 42.7 Å². The molecule has 4 heterocycles. The molecule has 0 aliphatic carbocycles. The van der Waals surface area contributed by atoms with Gasteiger partial charge < -0.3 is 20.1 Å². The number of carbonyl (C=O) groups excluding carboxylic acids is 1. The van der Waals surface area contributed by atoms with E-state index in [1.165, 1.54) is 0 Å². The van der Waals surface area contributed by atoms with Gasteiger partial charge in [0, 0.05) is 42.1 Å². The van der Waals surface area contributed by atoms with Gasteiger partial charge in [0.15, 0.2) is 17.2 Å². The van der Waals surface area contributed by atoms with Crippen LogP contribution >= 0.6 is 0 Å². The van der Waals surface area contributed by atoms with Crippen molar-refractivity contribution in [2.24, 2.45) is 0 Å². The quantitative estimate of drug-likeness (QED) is 0.349. The first-order chi connectivity index (χ1) is 20.7. The minimum absolute atomic E-state index is 0.0183. The third-order valence-electron chi connectivity index (χ3n) is 8.73. The van der Waals surface area contributed by atoms with E-state index in [0.717, 1.165) is 24.0 Å². The molecule has 1 amide bonds. The van der Waals surface area contributed by atoms with Gasteiger partial charge in [-0.1, -0.05) is 12.1 Å². The number of hydrogen-bond acceptors (Lipinski definition) is 10. The van der Waals surface area contributed by atoms with Crippen molar-refractivity contribution in [1.82, 2.24) is 19.9 Å². The number of benzene rings is 1. The lowest BCUT2D eigenvalue weighted by molar-refractivity contribution is -0.132. The molecular formula is C33H42N8O3. The number of anilines is 4. The number of hydrogen-bond donors (Lipinski definition) is 2. The maximum absolute atomic E-state index is 13.0. The topological polar surface area (TPSA) is 129 Å². The highest BCUT2D eigenvalue weighted by Gasteiger charge is 2.44. The SMILES string of the molecule is COCCN1C(=O)C(C)(C)Oc2cc(Nc3ncc(-c4cccc(C#N)c4)c(NC4CC(C)(C)N(C)C(C)(C)C4)n3)cnc21. The van der Waals surface area contributed by atoms with Gasteiger partial charge in [0.05, 0.1) is 36.7 Å². The van der Waals surface area contributed by atoms with Gasteiger partial charge >= 0.3 is 0 Å². The number of methoxy groups -OCH3 is 1. The molecule has 232 valence electrons. The van der Waals surface area contributed by atoms with Gasteiger partial charge in [0.1, 0.15) is 5.82 Å². The summed E-state index contributed by atoms with van der Waals surface area (Å²) < 4.78 is 11.3. The largest absolute Gasteiger partial charge is 0.474 e. The molecule has 0 unspecified atom stereocenters. The minimum Gasteiger partial charge on any atom is -0.474 e. The molecule has 2 aliphatic heterocycles. The average molecular weight is 599 g/mol. The number of aromatic nitrogens is 3. The second-order valence-corrected chi connectivity index (χ2v) is 13.3. The second kappa shape index (κ2) is 11.7. The average Bonchev–Trinajstić information content (AvgIpc) is 2.96. The van der Waals surface area contributed by atoms with Gasteiger partial charge in [0.2, 0.25) is 5.95 Å². The number of piperidine rings is 1. The first-order valence-electron chi connectivity index (χ1n) is 14.9. The number of fused-ring (bicyclic) bond motifs is 1. The molecular weight excluding hydrogens is 556 g/mol. The van der Waals surface area contributed by atoms with Crippen LogP contribution in [0.5, 0.6) is 5.75 Å². The summed E-state index contributed by atoms with van der Waals surface area (Å²) in [5, 5.41) is 16.5. The van der Waals surface area contributed by atoms with E-state index in [-0.39, 0.29) is 23.0 Å². The highest BCUT2D eigenvalue weighted by molar-refractivity contribution is 6.01. The lowest BCUT2D eigenvalue weighted by Crippen LogP contribution is -2.61. The third-order valence-corrected chi connectivity index (χ3v) is 8.73. The van der Waals surface area contributed by atoms with Crippen LogP contribution in [0.3, 0.4) is 0 Å². The fraction of sp³-hybridized carbons (Fsp3) is 0.485. The predicted octanol–water partition coefficient (Wildman–Crippen LogP) is 5.37. The Labute approximate surface area is 259 Å². The van der Waals surface area contributed by atoms with Crippen molar-refractivity contribution in [1.29, 1.82) is 5.26 Å². The van der Waals surface area contributed by atoms with E-state index in [1.54, 1.807) is 50.4 Å². The smallest absolute Gasteiger partial charge is 0.271 e. The first-order valence-corrected chi connectivity index (χ1v) is 14.9. The molecule has 2 aliphatic rings. The molecule has 0 radical (unpaired) electrons. The molecule has 0 spiro atoms. The van der Waals surface area contributed by atoms with Crippen molar-refractivity contribution >= 4 is 29.2 Å². The van der Waals surface area contributed by atoms with Crippen LogP contribution < -0.4 is 20.3 Å². The van der Waals surface area contributed by atoms with Crippen molar-refractivity contribution in [2.45, 2.75) is 77.1 Å². The summed E-state index contributed by atoms with van der Waals surface area (Å²) in [5.74, 6) is 1.81. The minimum atomic E-state index is -1.05. The Kier molecular flexibility index (Phi) is 8.27. The monoisotopic (exact) mass is 598 g/mol. The van der Waals surface area contributed by atoms with E-state index in [9.17, 15) is 10.1 Å². The molecule has 1 fully saturated rings. The van der Waals surface area contributed by atoms with Crippen molar-refractivity contribution in [3.8, 4) is 22.9 Å². The number of nitrogens with one attached hydrogen (secondary N) is 2. The van der Waals surface area contributed by atoms with E-state index in [1.807, 2.05) is 18.2 Å². The summed E-state index contributed by atoms with van der Waals surface area (Å²) in [7, 11) is 3.78. The van der Waals surface area contributed by atoms with E-state index >= 15 is 0 Å². The lowest BCUT2D eigenvalue weighted by Gasteiger charge is -2.53. The fourth-order valence-electron chi connectivity index (χ4n) is 6.23. The number of carbonyl (C=O) groups is 1. The Morgan fingerprint density at radius 2 is 1.82 bits per heavy atom. The van der Waals surface area contributed by atoms with Gasteiger partial charge in [-0.25, -0.2) is 9.97 Å². The number of rotatable bonds is 8. The highest BCUT2D eigenvalue weighted by atomic mass is 16.5. The summed E-state index contributed by atoms with van der Waals surface area (Å²) in [6, 6.07) is 11.7. The van der Waals surface area contributed by atoms with Crippen LogP contribution in [0.2, 0.25) is 0 Å². The van der Waals surface area contributed by atoms with E-state index in [4.69, 9.17) is 14.5 Å². The molecule has 0 atom stereocenters. The zero-order valence-corrected chi connectivity index (χ0v) is 26.9. The zero-order chi connectivity index (χ0) is 31.9. The molecule has 2 aromatic heterocycles. The van der Waals surface area contributed by atoms with Gasteiger partial charge in [0.25, 0.3) is 5.91 Å². The Bertz CT molecular complexity index is 1580. The Hall–Kier alpha value is -4.27. The number of ether oxygens (including phenoxy) is 2. The number of nitriles is 1. The van der Waals surface area contributed by atoms with Crippen LogP contribution in [0.25, 0.3) is 11.1 Å². The molecule has 11 heteroatoms. The highest BCUT2D eigenvalue weighted by Crippen LogP contribution is 2.40. The van der Waals surface area contributed by atoms with Crippen LogP contribution in [-0.4, -0.2) is 75.8 Å². The Balaban J connectivity index is 1.49. The molecule has 0 saturated carbocycles. The van der Waals surface area contributed by atoms with Crippen LogP contribution in [0.1, 0.15) is 59.9 Å². The molecule has 3 aromatic rings. The summed E-state index contributed by atoms with van der Waals surface area (Å²) in [6.45, 7) is 13.3. The van der Waals surface area contributed by atoms with Crippen molar-refractivity contribution < 1.29 is 14.3 Å². The van der Waals surface area contributed by atoms with Gasteiger partial charge in [-0.3, -0.25) is 14.6 Å². The fourth-order valence-corrected chi connectivity index (χ4v) is 6.23. The van der Waals surface area contributed by atoms with Crippen LogP contribution in [0, 0.1) is 11.3 Å². The van der Waals surface area contributed by atoms with Crippen LogP contribution in [-0.2, 0) is 9.53 Å². The number of amides is 1. The number of pyridine rings is 1. The summed E-state index contributed by atoms with van der Waals surface area (Å²) in [4.78, 5) is 31.2. The maximum atomic E-state index is 13.0. The van der Waals surface area contributed by atoms with Crippen LogP contribution in [0.4, 0.5) is 23.3 Å². The van der Waals surface area contributed by atoms with Gasteiger partial charge in [-0.2, -0.15) is 10.2 Å². The predicted molar refractivity (Wildman–Crippen MR) is 171 cm³/mol. The third kappa shape index (κ3) is 6.18. The summed E-state index contributed by atoms with van der Waals surface area (Å²) >= 11 is 0. The summed E-state index contributed by atoms with van der Waals surface area (Å²) in [5.41, 5.74) is 1.76. The van der Waals surface area contributed by atoms with Crippen molar-refractivity contribution in [3.05, 3.63) is 48.3 Å². The van der Waals surface area contributed by atoms with Gasteiger partial charge in [-0.15, -0.1) is 0 Å². The second-order valence-electron chi connectivity index (χ2n) is 13.3.